The second-order valence-electron chi connectivity index (χ2n) is 9.31. The highest BCUT2D eigenvalue weighted by molar-refractivity contribution is 6.31. The quantitative estimate of drug-likeness (QED) is 0.213. The number of hydrogen-bond acceptors (Lipinski definition) is 0. The van der Waals surface area contributed by atoms with Crippen LogP contribution in [0.25, 0.3) is 33.4 Å². The molecule has 0 amide bonds. The third-order valence-corrected chi connectivity index (χ3v) is 7.93. The molecule has 2 aliphatic rings. The van der Waals surface area contributed by atoms with Crippen molar-refractivity contribution in [3.8, 4) is 33.4 Å². The summed E-state index contributed by atoms with van der Waals surface area (Å²) in [6.07, 6.45) is -4.54. The molecule has 174 valence electrons. The molecule has 0 nitrogen and oxygen atoms in total. The number of alkyl halides is 3. The molecule has 5 aromatic carbocycles. The molecular weight excluding hydrogens is 477 g/mol. The number of hydrogen-bond donors (Lipinski definition) is 0. The maximum atomic E-state index is 13.8. The predicted octanol–water partition coefficient (Wildman–Crippen LogP) is 9.37. The Balaban J connectivity index is 1.64. The van der Waals surface area contributed by atoms with Crippen molar-refractivity contribution < 1.29 is 13.2 Å². The van der Waals surface area contributed by atoms with Crippen LogP contribution in [0, 0.1) is 0 Å². The maximum Gasteiger partial charge on any atom is 0.417 e. The van der Waals surface area contributed by atoms with Gasteiger partial charge >= 0.3 is 6.18 Å². The minimum Gasteiger partial charge on any atom is -0.166 e. The Morgan fingerprint density at radius 1 is 0.528 bits per heavy atom. The lowest BCUT2D eigenvalue weighted by atomic mass is 9.68. The summed E-state index contributed by atoms with van der Waals surface area (Å²) in [5.74, 6) is 0. The van der Waals surface area contributed by atoms with Crippen molar-refractivity contribution in [2.45, 2.75) is 11.6 Å². The molecule has 0 saturated heterocycles. The highest BCUT2D eigenvalue weighted by Crippen LogP contribution is 2.64. The van der Waals surface area contributed by atoms with E-state index in [1.165, 1.54) is 12.1 Å². The Morgan fingerprint density at radius 3 is 1.56 bits per heavy atom. The topological polar surface area (TPSA) is 0 Å². The smallest absolute Gasteiger partial charge is 0.166 e. The Hall–Kier alpha value is -3.82. The highest BCUT2D eigenvalue weighted by Gasteiger charge is 2.52. The third kappa shape index (κ3) is 2.67. The molecule has 0 atom stereocenters. The fourth-order valence-corrected chi connectivity index (χ4v) is 6.53. The molecule has 2 aliphatic carbocycles. The van der Waals surface area contributed by atoms with E-state index in [0.717, 1.165) is 50.1 Å². The molecule has 0 radical (unpaired) electrons. The first kappa shape index (κ1) is 21.5. The van der Waals surface area contributed by atoms with Crippen LogP contribution in [-0.4, -0.2) is 0 Å². The van der Waals surface area contributed by atoms with Crippen molar-refractivity contribution in [2.24, 2.45) is 0 Å². The Labute approximate surface area is 211 Å². The Morgan fingerprint density at radius 2 is 1.00 bits per heavy atom. The van der Waals surface area contributed by atoms with Crippen LogP contribution in [-0.2, 0) is 11.6 Å². The van der Waals surface area contributed by atoms with Crippen molar-refractivity contribution >= 4 is 11.6 Å². The van der Waals surface area contributed by atoms with Crippen LogP contribution in [0.2, 0.25) is 5.02 Å². The lowest BCUT2D eigenvalue weighted by molar-refractivity contribution is -0.137. The van der Waals surface area contributed by atoms with Gasteiger partial charge in [-0.1, -0.05) is 109 Å². The monoisotopic (exact) mass is 494 g/mol. The largest absolute Gasteiger partial charge is 0.417 e. The van der Waals surface area contributed by atoms with Crippen LogP contribution in [0.1, 0.15) is 27.8 Å². The molecule has 4 heteroatoms. The van der Waals surface area contributed by atoms with E-state index >= 15 is 0 Å². The first-order valence-electron chi connectivity index (χ1n) is 11.7. The van der Waals surface area contributed by atoms with Crippen LogP contribution in [0.15, 0.2) is 109 Å². The van der Waals surface area contributed by atoms with Gasteiger partial charge in [-0.25, -0.2) is 0 Å². The van der Waals surface area contributed by atoms with E-state index in [2.05, 4.69) is 42.5 Å². The molecule has 5 aromatic rings. The van der Waals surface area contributed by atoms with Crippen molar-refractivity contribution in [1.29, 1.82) is 0 Å². The summed E-state index contributed by atoms with van der Waals surface area (Å²) in [5.41, 5.74) is 8.72. The highest BCUT2D eigenvalue weighted by atomic mass is 35.5. The number of rotatable bonds is 1. The summed E-state index contributed by atoms with van der Waals surface area (Å²) in [5, 5.41) is -0.298. The molecule has 36 heavy (non-hydrogen) atoms. The minimum absolute atomic E-state index is 0.298. The lowest BCUT2D eigenvalue weighted by Gasteiger charge is -2.32. The van der Waals surface area contributed by atoms with Gasteiger partial charge in [0.25, 0.3) is 0 Å². The van der Waals surface area contributed by atoms with Crippen LogP contribution in [0.3, 0.4) is 0 Å². The van der Waals surface area contributed by atoms with E-state index in [-0.39, 0.29) is 5.02 Å². The summed E-state index contributed by atoms with van der Waals surface area (Å²) < 4.78 is 41.5. The van der Waals surface area contributed by atoms with Crippen molar-refractivity contribution in [3.05, 3.63) is 142 Å². The van der Waals surface area contributed by atoms with Gasteiger partial charge in [0.05, 0.1) is 16.0 Å². The van der Waals surface area contributed by atoms with E-state index in [0.29, 0.717) is 5.56 Å². The van der Waals surface area contributed by atoms with Crippen LogP contribution in [0.4, 0.5) is 13.2 Å². The Bertz CT molecular complexity index is 1630. The predicted molar refractivity (Wildman–Crippen MR) is 138 cm³/mol. The van der Waals surface area contributed by atoms with Gasteiger partial charge in [0.15, 0.2) is 0 Å². The minimum atomic E-state index is -4.54. The maximum absolute atomic E-state index is 13.8. The summed E-state index contributed by atoms with van der Waals surface area (Å²) in [6, 6.07) is 35.2. The van der Waals surface area contributed by atoms with Crippen molar-refractivity contribution in [2.75, 3.05) is 0 Å². The summed E-state index contributed by atoms with van der Waals surface area (Å²) in [4.78, 5) is 0. The molecule has 7 rings (SSSR count). The van der Waals surface area contributed by atoms with E-state index in [1.807, 2.05) is 48.5 Å². The zero-order valence-corrected chi connectivity index (χ0v) is 19.7. The van der Waals surface area contributed by atoms with Crippen molar-refractivity contribution in [3.63, 3.8) is 0 Å². The first-order chi connectivity index (χ1) is 17.4. The van der Waals surface area contributed by atoms with E-state index < -0.39 is 17.2 Å². The molecule has 0 saturated carbocycles. The van der Waals surface area contributed by atoms with Crippen molar-refractivity contribution in [1.82, 2.24) is 0 Å². The Kier molecular flexibility index (Phi) is 4.38. The fourth-order valence-electron chi connectivity index (χ4n) is 6.31. The molecule has 0 bridgehead atoms. The molecule has 0 aliphatic heterocycles. The summed E-state index contributed by atoms with van der Waals surface area (Å²) in [6.45, 7) is 0. The second kappa shape index (κ2) is 7.35. The second-order valence-corrected chi connectivity index (χ2v) is 9.71. The fraction of sp³-hybridized carbons (Fsp3) is 0.0625. The zero-order chi connectivity index (χ0) is 24.7. The summed E-state index contributed by atoms with van der Waals surface area (Å²) >= 11 is 5.99. The number of halogens is 4. The standard InChI is InChI=1S/C32H18ClF3/c33-29-17-16-19(18-28(29)32(34,35)36)20-11-7-12-24-23-10-3-6-15-27(23)31(30(20)24)25-13-4-1-8-21(25)22-9-2-5-14-26(22)31/h1-18H. The SMILES string of the molecule is FC(F)(F)c1cc(-c2cccc3c2C2(c4ccccc4-c4ccccc42)c2ccccc2-3)ccc1Cl. The van der Waals surface area contributed by atoms with Gasteiger partial charge in [-0.3, -0.25) is 0 Å². The summed E-state index contributed by atoms with van der Waals surface area (Å²) in [7, 11) is 0. The molecule has 0 aromatic heterocycles. The molecular formula is C32H18ClF3. The van der Waals surface area contributed by atoms with E-state index in [4.69, 9.17) is 11.6 Å². The zero-order valence-electron chi connectivity index (χ0n) is 18.9. The van der Waals surface area contributed by atoms with Crippen LogP contribution in [0.5, 0.6) is 0 Å². The van der Waals surface area contributed by atoms with Gasteiger partial charge in [-0.05, 0) is 67.8 Å². The number of fused-ring (bicyclic) bond motifs is 10. The van der Waals surface area contributed by atoms with Gasteiger partial charge in [-0.15, -0.1) is 0 Å². The first-order valence-corrected chi connectivity index (χ1v) is 12.1. The van der Waals surface area contributed by atoms with Crippen LogP contribution < -0.4 is 0 Å². The van der Waals surface area contributed by atoms with Gasteiger partial charge in [-0.2, -0.15) is 13.2 Å². The van der Waals surface area contributed by atoms with E-state index in [1.54, 1.807) is 6.07 Å². The van der Waals surface area contributed by atoms with Gasteiger partial charge in [0, 0.05) is 0 Å². The lowest BCUT2D eigenvalue weighted by Crippen LogP contribution is -2.26. The molecule has 0 unspecified atom stereocenters. The van der Waals surface area contributed by atoms with Gasteiger partial charge in [0.2, 0.25) is 0 Å². The van der Waals surface area contributed by atoms with Gasteiger partial charge < -0.3 is 0 Å². The van der Waals surface area contributed by atoms with Crippen LogP contribution >= 0.6 is 11.6 Å². The molecule has 0 heterocycles. The van der Waals surface area contributed by atoms with Gasteiger partial charge in [0.1, 0.15) is 0 Å². The molecule has 0 fully saturated rings. The average molecular weight is 495 g/mol. The average Bonchev–Trinajstić information content (AvgIpc) is 3.36. The normalized spacial score (nSPS) is 14.3. The number of benzene rings is 5. The third-order valence-electron chi connectivity index (χ3n) is 7.60. The molecule has 0 N–H and O–H groups in total. The van der Waals surface area contributed by atoms with E-state index in [9.17, 15) is 13.2 Å². The molecule has 1 spiro atoms.